The molecule has 2 aromatic carbocycles. The molecule has 0 aromatic heterocycles. The molecule has 4 nitrogen and oxygen atoms in total. The van der Waals surface area contributed by atoms with Gasteiger partial charge in [0, 0.05) is 24.4 Å². The first kappa shape index (κ1) is 19.7. The summed E-state index contributed by atoms with van der Waals surface area (Å²) in [5.41, 5.74) is 0.137. The highest BCUT2D eigenvalue weighted by Gasteiger charge is 2.46. The SMILES string of the molecule is C[C@H](c1ccc(Cl)cc1)N1CC[C@](CC(C)(C)O)(c2ccccc2)OC1=O. The molecule has 3 rings (SSSR count). The van der Waals surface area contributed by atoms with Crippen LogP contribution in [0.25, 0.3) is 0 Å². The van der Waals surface area contributed by atoms with Crippen LogP contribution in [0.4, 0.5) is 4.79 Å². The van der Waals surface area contributed by atoms with Gasteiger partial charge in [-0.25, -0.2) is 4.79 Å². The minimum atomic E-state index is -0.958. The fourth-order valence-corrected chi connectivity index (χ4v) is 3.94. The smallest absolute Gasteiger partial charge is 0.411 e. The molecule has 2 atom stereocenters. The maximum Gasteiger partial charge on any atom is 0.411 e. The molecule has 2 aromatic rings. The number of carbonyl (C=O) groups excluding carboxylic acids is 1. The summed E-state index contributed by atoms with van der Waals surface area (Å²) >= 11 is 5.97. The van der Waals surface area contributed by atoms with Crippen molar-refractivity contribution in [1.82, 2.24) is 4.90 Å². The Hall–Kier alpha value is -2.04. The number of amides is 1. The van der Waals surface area contributed by atoms with Gasteiger partial charge in [0.15, 0.2) is 0 Å². The van der Waals surface area contributed by atoms with E-state index in [1.165, 1.54) is 0 Å². The van der Waals surface area contributed by atoms with Crippen LogP contribution in [0.1, 0.15) is 50.8 Å². The van der Waals surface area contributed by atoms with Gasteiger partial charge in [0.05, 0.1) is 11.6 Å². The molecule has 5 heteroatoms. The average Bonchev–Trinajstić information content (AvgIpc) is 2.61. The largest absolute Gasteiger partial charge is 0.438 e. The van der Waals surface area contributed by atoms with Gasteiger partial charge in [0.1, 0.15) is 5.60 Å². The van der Waals surface area contributed by atoms with Gasteiger partial charge in [-0.05, 0) is 44.0 Å². The Morgan fingerprint density at radius 3 is 2.37 bits per heavy atom. The number of hydrogen-bond acceptors (Lipinski definition) is 3. The van der Waals surface area contributed by atoms with E-state index in [0.29, 0.717) is 24.4 Å². The first-order valence-corrected chi connectivity index (χ1v) is 9.61. The molecule has 0 radical (unpaired) electrons. The van der Waals surface area contributed by atoms with Gasteiger partial charge in [-0.2, -0.15) is 0 Å². The number of aliphatic hydroxyl groups is 1. The van der Waals surface area contributed by atoms with E-state index in [1.54, 1.807) is 18.7 Å². The van der Waals surface area contributed by atoms with Gasteiger partial charge in [0.25, 0.3) is 0 Å². The Balaban J connectivity index is 1.85. The minimum absolute atomic E-state index is 0.120. The number of hydrogen-bond donors (Lipinski definition) is 1. The summed E-state index contributed by atoms with van der Waals surface area (Å²) in [5.74, 6) is 0. The van der Waals surface area contributed by atoms with E-state index >= 15 is 0 Å². The molecule has 1 aliphatic rings. The van der Waals surface area contributed by atoms with Gasteiger partial charge < -0.3 is 14.7 Å². The zero-order chi connectivity index (χ0) is 19.7. The Kier molecular flexibility index (Phi) is 5.50. The van der Waals surface area contributed by atoms with Crippen molar-refractivity contribution in [3.05, 3.63) is 70.7 Å². The fraction of sp³-hybridized carbons (Fsp3) is 0.409. The van der Waals surface area contributed by atoms with Gasteiger partial charge in [-0.1, -0.05) is 54.1 Å². The van der Waals surface area contributed by atoms with Gasteiger partial charge >= 0.3 is 6.09 Å². The lowest BCUT2D eigenvalue weighted by Crippen LogP contribution is -2.51. The number of cyclic esters (lactones) is 1. The van der Waals surface area contributed by atoms with Crippen LogP contribution in [-0.4, -0.2) is 28.2 Å². The van der Waals surface area contributed by atoms with Gasteiger partial charge in [0.2, 0.25) is 0 Å². The first-order chi connectivity index (χ1) is 12.7. The van der Waals surface area contributed by atoms with Crippen LogP contribution in [0, 0.1) is 0 Å². The second-order valence-corrected chi connectivity index (χ2v) is 8.32. The standard InChI is InChI=1S/C22H26ClNO3/c1-16(17-9-11-19(23)12-10-17)24-14-13-22(27-20(24)25,15-21(2,3)26)18-7-5-4-6-8-18/h4-12,16,26H,13-15H2,1-3H3/t16-,22+/m1/s1. The second kappa shape index (κ2) is 7.53. The van der Waals surface area contributed by atoms with Crippen molar-refractivity contribution in [2.75, 3.05) is 6.54 Å². The summed E-state index contributed by atoms with van der Waals surface area (Å²) in [7, 11) is 0. The predicted octanol–water partition coefficient (Wildman–Crippen LogP) is 5.30. The Bertz CT molecular complexity index is 785. The minimum Gasteiger partial charge on any atom is -0.438 e. The normalized spacial score (nSPS) is 21.7. The second-order valence-electron chi connectivity index (χ2n) is 7.89. The van der Waals surface area contributed by atoms with Crippen LogP contribution in [-0.2, 0) is 10.3 Å². The van der Waals surface area contributed by atoms with E-state index in [2.05, 4.69) is 0 Å². The fourth-order valence-electron chi connectivity index (χ4n) is 3.81. The number of rotatable bonds is 5. The van der Waals surface area contributed by atoms with Gasteiger partial charge in [-0.3, -0.25) is 0 Å². The highest BCUT2D eigenvalue weighted by atomic mass is 35.5. The maximum atomic E-state index is 12.9. The van der Waals surface area contributed by atoms with Crippen LogP contribution in [0.5, 0.6) is 0 Å². The molecule has 144 valence electrons. The Labute approximate surface area is 165 Å². The van der Waals surface area contributed by atoms with E-state index in [0.717, 1.165) is 11.1 Å². The Morgan fingerprint density at radius 2 is 1.81 bits per heavy atom. The van der Waals surface area contributed by atoms with E-state index in [9.17, 15) is 9.90 Å². The monoisotopic (exact) mass is 387 g/mol. The topological polar surface area (TPSA) is 49.8 Å². The average molecular weight is 388 g/mol. The predicted molar refractivity (Wildman–Crippen MR) is 107 cm³/mol. The molecule has 0 unspecified atom stereocenters. The molecule has 0 aliphatic carbocycles. The molecule has 0 saturated carbocycles. The third-order valence-electron chi connectivity index (χ3n) is 5.11. The first-order valence-electron chi connectivity index (χ1n) is 9.23. The molecule has 1 saturated heterocycles. The van der Waals surface area contributed by atoms with Crippen LogP contribution < -0.4 is 0 Å². The number of ether oxygens (including phenoxy) is 1. The number of halogens is 1. The van der Waals surface area contributed by atoms with Crippen molar-refractivity contribution in [3.63, 3.8) is 0 Å². The molecule has 1 amide bonds. The summed E-state index contributed by atoms with van der Waals surface area (Å²) in [4.78, 5) is 14.7. The molecule has 1 aliphatic heterocycles. The molecular formula is C22H26ClNO3. The quantitative estimate of drug-likeness (QED) is 0.757. The van der Waals surface area contributed by atoms with E-state index in [-0.39, 0.29) is 12.1 Å². The summed E-state index contributed by atoms with van der Waals surface area (Å²) < 4.78 is 6.02. The van der Waals surface area contributed by atoms with Crippen LogP contribution in [0.2, 0.25) is 5.02 Å². The van der Waals surface area contributed by atoms with E-state index < -0.39 is 11.2 Å². The lowest BCUT2D eigenvalue weighted by atomic mass is 9.80. The summed E-state index contributed by atoms with van der Waals surface area (Å²) in [6.45, 7) is 6.02. The zero-order valence-electron chi connectivity index (χ0n) is 16.0. The highest BCUT2D eigenvalue weighted by molar-refractivity contribution is 6.30. The number of nitrogens with zero attached hydrogens (tertiary/aromatic N) is 1. The molecule has 1 N–H and O–H groups in total. The van der Waals surface area contributed by atoms with Crippen LogP contribution in [0.15, 0.2) is 54.6 Å². The number of carbonyl (C=O) groups is 1. The van der Waals surface area contributed by atoms with Crippen LogP contribution in [0.3, 0.4) is 0 Å². The van der Waals surface area contributed by atoms with Crippen LogP contribution >= 0.6 is 11.6 Å². The summed E-state index contributed by atoms with van der Waals surface area (Å²) in [5, 5.41) is 11.1. The van der Waals surface area contributed by atoms with Crippen molar-refractivity contribution in [3.8, 4) is 0 Å². The van der Waals surface area contributed by atoms with Crippen molar-refractivity contribution in [2.24, 2.45) is 0 Å². The lowest BCUT2D eigenvalue weighted by Gasteiger charge is -2.45. The zero-order valence-corrected chi connectivity index (χ0v) is 16.7. The third kappa shape index (κ3) is 4.45. The molecule has 1 fully saturated rings. The summed E-state index contributed by atoms with van der Waals surface area (Å²) in [6.07, 6.45) is 0.598. The lowest BCUT2D eigenvalue weighted by molar-refractivity contribution is -0.101. The molecular weight excluding hydrogens is 362 g/mol. The van der Waals surface area contributed by atoms with Crippen molar-refractivity contribution < 1.29 is 14.6 Å². The molecule has 1 heterocycles. The van der Waals surface area contributed by atoms with Crippen molar-refractivity contribution in [2.45, 2.75) is 50.9 Å². The number of benzene rings is 2. The molecule has 0 spiro atoms. The molecule has 27 heavy (non-hydrogen) atoms. The maximum absolute atomic E-state index is 12.9. The molecule has 0 bridgehead atoms. The van der Waals surface area contributed by atoms with Gasteiger partial charge in [-0.15, -0.1) is 0 Å². The van der Waals surface area contributed by atoms with Crippen molar-refractivity contribution in [1.29, 1.82) is 0 Å². The highest BCUT2D eigenvalue weighted by Crippen LogP contribution is 2.42. The third-order valence-corrected chi connectivity index (χ3v) is 5.36. The Morgan fingerprint density at radius 1 is 1.19 bits per heavy atom. The summed E-state index contributed by atoms with van der Waals surface area (Å²) in [6, 6.07) is 17.1. The van der Waals surface area contributed by atoms with E-state index in [4.69, 9.17) is 16.3 Å². The van der Waals surface area contributed by atoms with Crippen molar-refractivity contribution >= 4 is 17.7 Å². The van der Waals surface area contributed by atoms with E-state index in [1.807, 2.05) is 61.5 Å².